The van der Waals surface area contributed by atoms with E-state index in [1.807, 2.05) is 64.1 Å². The van der Waals surface area contributed by atoms with Gasteiger partial charge in [0.1, 0.15) is 0 Å². The van der Waals surface area contributed by atoms with E-state index in [-0.39, 0.29) is 30.3 Å². The fourth-order valence-electron chi connectivity index (χ4n) is 3.94. The Balaban J connectivity index is 1.99. The molecule has 1 aliphatic heterocycles. The minimum absolute atomic E-state index is 0.0153. The van der Waals surface area contributed by atoms with Crippen LogP contribution < -0.4 is 5.32 Å². The van der Waals surface area contributed by atoms with Gasteiger partial charge in [0.25, 0.3) is 5.91 Å². The Bertz CT molecular complexity index is 879. The van der Waals surface area contributed by atoms with Crippen LogP contribution in [-0.2, 0) is 20.7 Å². The van der Waals surface area contributed by atoms with Crippen LogP contribution in [-0.4, -0.2) is 48.1 Å². The number of nitrogens with zero attached hydrogens (tertiary/aromatic N) is 1. The first-order valence-corrected chi connectivity index (χ1v) is 10.7. The van der Waals surface area contributed by atoms with Crippen molar-refractivity contribution in [2.75, 3.05) is 19.7 Å². The molecular weight excluding hydrogens is 376 g/mol. The quantitative estimate of drug-likeness (QED) is 0.793. The van der Waals surface area contributed by atoms with Crippen molar-refractivity contribution in [2.24, 2.45) is 5.92 Å². The van der Waals surface area contributed by atoms with Crippen LogP contribution >= 0.6 is 0 Å². The molecule has 1 N–H and O–H groups in total. The van der Waals surface area contributed by atoms with E-state index in [0.29, 0.717) is 19.6 Å². The third-order valence-electron chi connectivity index (χ3n) is 5.40. The standard InChI is InChI=1S/C25H32N2O3/c1-18(2)23(28)27-14-15-30-25(17-27,24(29)26-19(3)4)16-21-12-8-9-13-22(21)20-10-6-5-7-11-20/h5-13,18-19H,14-17H2,1-4H3,(H,26,29)/t25-/m0/s1. The van der Waals surface area contributed by atoms with Crippen LogP contribution in [0.25, 0.3) is 11.1 Å². The number of rotatable bonds is 6. The number of amides is 2. The zero-order chi connectivity index (χ0) is 21.7. The molecule has 0 aromatic heterocycles. The first-order chi connectivity index (χ1) is 14.3. The van der Waals surface area contributed by atoms with Crippen LogP contribution in [0.15, 0.2) is 54.6 Å². The molecule has 30 heavy (non-hydrogen) atoms. The number of hydrogen-bond acceptors (Lipinski definition) is 3. The predicted molar refractivity (Wildman–Crippen MR) is 119 cm³/mol. The Labute approximate surface area is 179 Å². The number of nitrogens with one attached hydrogen (secondary N) is 1. The number of morpholine rings is 1. The molecule has 5 heteroatoms. The average molecular weight is 409 g/mol. The minimum atomic E-state index is -1.11. The van der Waals surface area contributed by atoms with E-state index in [2.05, 4.69) is 23.5 Å². The fraction of sp³-hybridized carbons (Fsp3) is 0.440. The second-order valence-corrected chi connectivity index (χ2v) is 8.59. The second-order valence-electron chi connectivity index (χ2n) is 8.59. The summed E-state index contributed by atoms with van der Waals surface area (Å²) in [5.41, 5.74) is 2.09. The number of hydrogen-bond donors (Lipinski definition) is 1. The average Bonchev–Trinajstić information content (AvgIpc) is 2.74. The monoisotopic (exact) mass is 408 g/mol. The molecule has 5 nitrogen and oxygen atoms in total. The van der Waals surface area contributed by atoms with Crippen LogP contribution in [0.3, 0.4) is 0 Å². The number of ether oxygens (including phenoxy) is 1. The molecule has 0 radical (unpaired) electrons. The lowest BCUT2D eigenvalue weighted by Crippen LogP contribution is -2.63. The molecule has 1 fully saturated rings. The largest absolute Gasteiger partial charge is 0.361 e. The van der Waals surface area contributed by atoms with Gasteiger partial charge in [0.05, 0.1) is 13.2 Å². The van der Waals surface area contributed by atoms with E-state index in [4.69, 9.17) is 4.74 Å². The van der Waals surface area contributed by atoms with Crippen LogP contribution in [0.4, 0.5) is 0 Å². The number of carbonyl (C=O) groups is 2. The molecule has 2 aromatic carbocycles. The molecular formula is C25H32N2O3. The maximum Gasteiger partial charge on any atom is 0.254 e. The van der Waals surface area contributed by atoms with Crippen molar-refractivity contribution in [3.8, 4) is 11.1 Å². The minimum Gasteiger partial charge on any atom is -0.361 e. The summed E-state index contributed by atoms with van der Waals surface area (Å²) in [6.07, 6.45) is 0.401. The van der Waals surface area contributed by atoms with Crippen molar-refractivity contribution in [1.29, 1.82) is 0 Å². The predicted octanol–water partition coefficient (Wildman–Crippen LogP) is 3.67. The SMILES string of the molecule is CC(C)NC(=O)[C@]1(Cc2ccccc2-c2ccccc2)CN(C(=O)C(C)C)CCO1. The van der Waals surface area contributed by atoms with Crippen LogP contribution in [0, 0.1) is 5.92 Å². The lowest BCUT2D eigenvalue weighted by Gasteiger charge is -2.42. The Morgan fingerprint density at radius 3 is 2.37 bits per heavy atom. The van der Waals surface area contributed by atoms with Gasteiger partial charge < -0.3 is 15.0 Å². The molecule has 2 amide bonds. The highest BCUT2D eigenvalue weighted by atomic mass is 16.5. The summed E-state index contributed by atoms with van der Waals surface area (Å²) in [4.78, 5) is 27.8. The van der Waals surface area contributed by atoms with Gasteiger partial charge in [0, 0.05) is 24.9 Å². The lowest BCUT2D eigenvalue weighted by atomic mass is 9.87. The Morgan fingerprint density at radius 2 is 1.70 bits per heavy atom. The van der Waals surface area contributed by atoms with Crippen molar-refractivity contribution < 1.29 is 14.3 Å². The molecule has 1 aliphatic rings. The molecule has 1 heterocycles. The van der Waals surface area contributed by atoms with Crippen LogP contribution in [0.1, 0.15) is 33.3 Å². The summed E-state index contributed by atoms with van der Waals surface area (Å²) in [6.45, 7) is 8.75. The normalized spacial score (nSPS) is 19.2. The summed E-state index contributed by atoms with van der Waals surface area (Å²) >= 11 is 0. The second kappa shape index (κ2) is 9.43. The molecule has 0 saturated carbocycles. The number of benzene rings is 2. The van der Waals surface area contributed by atoms with Gasteiger partial charge in [-0.1, -0.05) is 68.4 Å². The van der Waals surface area contributed by atoms with Gasteiger partial charge in [-0.15, -0.1) is 0 Å². The molecule has 0 aliphatic carbocycles. The Morgan fingerprint density at radius 1 is 1.03 bits per heavy atom. The first kappa shape index (κ1) is 22.0. The van der Waals surface area contributed by atoms with Crippen LogP contribution in [0.5, 0.6) is 0 Å². The number of carbonyl (C=O) groups excluding carboxylic acids is 2. The summed E-state index contributed by atoms with van der Waals surface area (Å²) < 4.78 is 6.18. The van der Waals surface area contributed by atoms with Crippen molar-refractivity contribution in [1.82, 2.24) is 10.2 Å². The molecule has 1 atom stereocenters. The highest BCUT2D eigenvalue weighted by Gasteiger charge is 2.45. The maximum atomic E-state index is 13.3. The molecule has 2 aromatic rings. The van der Waals surface area contributed by atoms with Gasteiger partial charge in [-0.3, -0.25) is 9.59 Å². The Hall–Kier alpha value is -2.66. The topological polar surface area (TPSA) is 58.6 Å². The molecule has 0 bridgehead atoms. The molecule has 3 rings (SSSR count). The van der Waals surface area contributed by atoms with E-state index < -0.39 is 5.60 Å². The van der Waals surface area contributed by atoms with E-state index in [1.54, 1.807) is 4.90 Å². The zero-order valence-corrected chi connectivity index (χ0v) is 18.4. The smallest absolute Gasteiger partial charge is 0.254 e. The van der Waals surface area contributed by atoms with Gasteiger partial charge >= 0.3 is 0 Å². The lowest BCUT2D eigenvalue weighted by molar-refractivity contribution is -0.167. The van der Waals surface area contributed by atoms with Crippen molar-refractivity contribution in [2.45, 2.75) is 45.8 Å². The zero-order valence-electron chi connectivity index (χ0n) is 18.4. The van der Waals surface area contributed by atoms with Gasteiger partial charge in [0.15, 0.2) is 5.60 Å². The molecule has 160 valence electrons. The highest BCUT2D eigenvalue weighted by molar-refractivity contribution is 5.88. The first-order valence-electron chi connectivity index (χ1n) is 10.7. The fourth-order valence-corrected chi connectivity index (χ4v) is 3.94. The summed E-state index contributed by atoms with van der Waals surface area (Å²) in [7, 11) is 0. The van der Waals surface area contributed by atoms with E-state index in [9.17, 15) is 9.59 Å². The Kier molecular flexibility index (Phi) is 6.93. The van der Waals surface area contributed by atoms with Crippen LogP contribution in [0.2, 0.25) is 0 Å². The van der Waals surface area contributed by atoms with Gasteiger partial charge in [0.2, 0.25) is 5.91 Å². The van der Waals surface area contributed by atoms with Crippen molar-refractivity contribution in [3.05, 3.63) is 60.2 Å². The van der Waals surface area contributed by atoms with Crippen molar-refractivity contribution in [3.63, 3.8) is 0 Å². The third-order valence-corrected chi connectivity index (χ3v) is 5.40. The van der Waals surface area contributed by atoms with E-state index in [1.165, 1.54) is 0 Å². The third kappa shape index (κ3) is 4.90. The van der Waals surface area contributed by atoms with Gasteiger partial charge in [-0.25, -0.2) is 0 Å². The summed E-state index contributed by atoms with van der Waals surface area (Å²) in [5.74, 6) is -0.233. The molecule has 0 unspecified atom stereocenters. The molecule has 0 spiro atoms. The summed E-state index contributed by atoms with van der Waals surface area (Å²) in [5, 5.41) is 3.02. The van der Waals surface area contributed by atoms with E-state index >= 15 is 0 Å². The van der Waals surface area contributed by atoms with Crippen molar-refractivity contribution >= 4 is 11.8 Å². The highest BCUT2D eigenvalue weighted by Crippen LogP contribution is 2.31. The van der Waals surface area contributed by atoms with Gasteiger partial charge in [-0.05, 0) is 30.5 Å². The summed E-state index contributed by atoms with van der Waals surface area (Å²) in [6, 6.07) is 18.2. The van der Waals surface area contributed by atoms with E-state index in [0.717, 1.165) is 16.7 Å². The maximum absolute atomic E-state index is 13.3. The van der Waals surface area contributed by atoms with Gasteiger partial charge in [-0.2, -0.15) is 0 Å². The molecule has 1 saturated heterocycles.